The van der Waals surface area contributed by atoms with Gasteiger partial charge in [-0.25, -0.2) is 4.79 Å². The van der Waals surface area contributed by atoms with Crippen LogP contribution in [0.2, 0.25) is 0 Å². The third kappa shape index (κ3) is 11.2. The van der Waals surface area contributed by atoms with E-state index in [1.54, 1.807) is 6.92 Å². The number of ketones is 2. The van der Waals surface area contributed by atoms with Gasteiger partial charge in [-0.2, -0.15) is 0 Å². The van der Waals surface area contributed by atoms with Crippen LogP contribution >= 0.6 is 0 Å². The third-order valence-electron chi connectivity index (χ3n) is 3.76. The van der Waals surface area contributed by atoms with Crippen LogP contribution in [0.25, 0.3) is 0 Å². The van der Waals surface area contributed by atoms with Crippen molar-refractivity contribution in [3.05, 3.63) is 24.3 Å². The molecule has 7 nitrogen and oxygen atoms in total. The largest absolute Gasteiger partial charge is 0.463 e. The van der Waals surface area contributed by atoms with Crippen molar-refractivity contribution in [2.24, 2.45) is 5.41 Å². The summed E-state index contributed by atoms with van der Waals surface area (Å²) in [4.78, 5) is 56.1. The van der Waals surface area contributed by atoms with Gasteiger partial charge >= 0.3 is 5.97 Å². The summed E-state index contributed by atoms with van der Waals surface area (Å²) >= 11 is 0. The zero-order valence-electron chi connectivity index (χ0n) is 17.4. The number of Topliss-reactive ketones (excluding diaryl/α,β-unsaturated/α-hetero) is 1. The SMILES string of the molecule is CC(C)(C)C(=O)CCCCCN1C(=O)C=CC1=O.CCOC(=O)/C=C/C(C)=O. The zero-order chi connectivity index (χ0) is 21.7. The summed E-state index contributed by atoms with van der Waals surface area (Å²) < 4.78 is 4.51. The van der Waals surface area contributed by atoms with Crippen LogP contribution in [-0.4, -0.2) is 47.4 Å². The molecule has 0 N–H and O–H groups in total. The van der Waals surface area contributed by atoms with Gasteiger partial charge in [0.2, 0.25) is 0 Å². The lowest BCUT2D eigenvalue weighted by Crippen LogP contribution is -2.30. The quantitative estimate of drug-likeness (QED) is 0.259. The Morgan fingerprint density at radius 2 is 1.57 bits per heavy atom. The molecule has 0 aromatic rings. The van der Waals surface area contributed by atoms with Gasteiger partial charge in [0, 0.05) is 36.6 Å². The van der Waals surface area contributed by atoms with E-state index >= 15 is 0 Å². The standard InChI is InChI=1S/C14H21NO3.C7H10O3/c1-14(2,3)11(16)7-5-4-6-10-15-12(17)8-9-13(15)18;1-3-10-7(9)5-4-6(2)8/h8-9H,4-7,10H2,1-3H3;4-5H,3H2,1-2H3/b;5-4+. The third-order valence-corrected chi connectivity index (χ3v) is 3.76. The topological polar surface area (TPSA) is 97.8 Å². The number of ether oxygens (including phenoxy) is 1. The van der Waals surface area contributed by atoms with Gasteiger partial charge in [0.15, 0.2) is 5.78 Å². The average molecular weight is 393 g/mol. The lowest BCUT2D eigenvalue weighted by Gasteiger charge is -2.16. The summed E-state index contributed by atoms with van der Waals surface area (Å²) in [5, 5.41) is 0. The van der Waals surface area contributed by atoms with E-state index in [4.69, 9.17) is 0 Å². The molecule has 1 heterocycles. The van der Waals surface area contributed by atoms with Crippen LogP contribution in [0.1, 0.15) is 60.3 Å². The molecule has 7 heteroatoms. The molecule has 0 saturated carbocycles. The fourth-order valence-corrected chi connectivity index (χ4v) is 2.13. The van der Waals surface area contributed by atoms with Crippen molar-refractivity contribution in [2.75, 3.05) is 13.2 Å². The van der Waals surface area contributed by atoms with E-state index in [0.717, 1.165) is 25.3 Å². The predicted molar refractivity (Wildman–Crippen MR) is 105 cm³/mol. The molecular weight excluding hydrogens is 362 g/mol. The summed E-state index contributed by atoms with van der Waals surface area (Å²) in [6.45, 7) is 9.62. The van der Waals surface area contributed by atoms with Gasteiger partial charge < -0.3 is 4.74 Å². The second-order valence-electron chi connectivity index (χ2n) is 7.34. The lowest BCUT2D eigenvalue weighted by atomic mass is 9.88. The van der Waals surface area contributed by atoms with Gasteiger partial charge in [-0.1, -0.05) is 27.2 Å². The Morgan fingerprint density at radius 1 is 1.00 bits per heavy atom. The molecule has 0 bridgehead atoms. The number of hydrogen-bond acceptors (Lipinski definition) is 6. The van der Waals surface area contributed by atoms with Crippen LogP contribution < -0.4 is 0 Å². The van der Waals surface area contributed by atoms with Crippen molar-refractivity contribution >= 4 is 29.4 Å². The summed E-state index contributed by atoms with van der Waals surface area (Å²) in [6, 6.07) is 0. The Bertz CT molecular complexity index is 622. The van der Waals surface area contributed by atoms with Gasteiger partial charge in [0.25, 0.3) is 11.8 Å². The van der Waals surface area contributed by atoms with Crippen molar-refractivity contribution in [3.63, 3.8) is 0 Å². The molecule has 2 amide bonds. The summed E-state index contributed by atoms with van der Waals surface area (Å²) in [7, 11) is 0. The molecule has 0 atom stereocenters. The summed E-state index contributed by atoms with van der Waals surface area (Å²) in [5.41, 5.74) is -0.273. The molecule has 1 rings (SSSR count). The Labute approximate surface area is 166 Å². The van der Waals surface area contributed by atoms with E-state index in [1.165, 1.54) is 30.1 Å². The normalized spacial score (nSPS) is 13.5. The first kappa shape index (κ1) is 25.4. The minimum Gasteiger partial charge on any atom is -0.463 e. The number of esters is 1. The highest BCUT2D eigenvalue weighted by Gasteiger charge is 2.23. The highest BCUT2D eigenvalue weighted by molar-refractivity contribution is 6.12. The fourth-order valence-electron chi connectivity index (χ4n) is 2.13. The smallest absolute Gasteiger partial charge is 0.330 e. The van der Waals surface area contributed by atoms with E-state index < -0.39 is 5.97 Å². The second kappa shape index (κ2) is 12.8. The van der Waals surface area contributed by atoms with Gasteiger partial charge in [0.05, 0.1) is 6.61 Å². The lowest BCUT2D eigenvalue weighted by molar-refractivity contribution is -0.138. The van der Waals surface area contributed by atoms with Crippen LogP contribution in [-0.2, 0) is 28.7 Å². The van der Waals surface area contributed by atoms with E-state index in [0.29, 0.717) is 19.6 Å². The second-order valence-corrected chi connectivity index (χ2v) is 7.34. The van der Waals surface area contributed by atoms with Crippen molar-refractivity contribution in [1.29, 1.82) is 0 Å². The molecule has 28 heavy (non-hydrogen) atoms. The maximum atomic E-state index is 11.7. The Hall–Kier alpha value is -2.57. The summed E-state index contributed by atoms with van der Waals surface area (Å²) in [5.74, 6) is -0.834. The minimum atomic E-state index is -0.474. The molecule has 0 unspecified atom stereocenters. The number of rotatable bonds is 9. The highest BCUT2D eigenvalue weighted by Crippen LogP contribution is 2.18. The van der Waals surface area contributed by atoms with Crippen molar-refractivity contribution in [1.82, 2.24) is 4.90 Å². The van der Waals surface area contributed by atoms with Gasteiger partial charge in [-0.3, -0.25) is 24.1 Å². The van der Waals surface area contributed by atoms with E-state index in [-0.39, 0.29) is 28.8 Å². The molecule has 1 aliphatic rings. The molecule has 0 aliphatic carbocycles. The van der Waals surface area contributed by atoms with E-state index in [9.17, 15) is 24.0 Å². The van der Waals surface area contributed by atoms with Gasteiger partial charge in [-0.05, 0) is 32.8 Å². The summed E-state index contributed by atoms with van der Waals surface area (Å²) in [6.07, 6.45) is 7.90. The van der Waals surface area contributed by atoms with Crippen LogP contribution in [0.5, 0.6) is 0 Å². The maximum absolute atomic E-state index is 11.7. The van der Waals surface area contributed by atoms with Gasteiger partial charge in [-0.15, -0.1) is 0 Å². The van der Waals surface area contributed by atoms with Crippen molar-refractivity contribution in [2.45, 2.75) is 60.3 Å². The first-order valence-electron chi connectivity index (χ1n) is 9.41. The molecule has 0 aromatic carbocycles. The molecule has 0 aromatic heterocycles. The minimum absolute atomic E-state index is 0.159. The van der Waals surface area contributed by atoms with E-state index in [2.05, 4.69) is 4.74 Å². The molecular formula is C21H31NO6. The molecule has 0 saturated heterocycles. The molecule has 1 aliphatic heterocycles. The van der Waals surface area contributed by atoms with E-state index in [1.807, 2.05) is 20.8 Å². The molecule has 0 radical (unpaired) electrons. The monoisotopic (exact) mass is 393 g/mol. The van der Waals surface area contributed by atoms with Crippen molar-refractivity contribution < 1.29 is 28.7 Å². The van der Waals surface area contributed by atoms with Crippen LogP contribution in [0.3, 0.4) is 0 Å². The number of hydrogen-bond donors (Lipinski definition) is 0. The fraction of sp³-hybridized carbons (Fsp3) is 0.571. The number of allylic oxidation sites excluding steroid dienone is 1. The first-order chi connectivity index (χ1) is 13.0. The van der Waals surface area contributed by atoms with Crippen LogP contribution in [0.4, 0.5) is 0 Å². The first-order valence-corrected chi connectivity index (χ1v) is 9.41. The molecule has 156 valence electrons. The predicted octanol–water partition coefficient (Wildman–Crippen LogP) is 2.78. The highest BCUT2D eigenvalue weighted by atomic mass is 16.5. The average Bonchev–Trinajstić information content (AvgIpc) is 2.91. The Kier molecular flexibility index (Phi) is 11.6. The number of carbonyl (C=O) groups excluding carboxylic acids is 5. The maximum Gasteiger partial charge on any atom is 0.330 e. The van der Waals surface area contributed by atoms with Crippen molar-refractivity contribution in [3.8, 4) is 0 Å². The number of unbranched alkanes of at least 4 members (excludes halogenated alkanes) is 2. The molecule has 0 fully saturated rings. The number of carbonyl (C=O) groups is 5. The Morgan fingerprint density at radius 3 is 2.04 bits per heavy atom. The Balaban J connectivity index is 0.000000621. The number of imide groups is 1. The van der Waals surface area contributed by atoms with Crippen LogP contribution in [0.15, 0.2) is 24.3 Å². The van der Waals surface area contributed by atoms with Gasteiger partial charge in [0.1, 0.15) is 5.78 Å². The number of amides is 2. The number of nitrogens with zero attached hydrogens (tertiary/aromatic N) is 1. The molecule has 0 spiro atoms. The van der Waals surface area contributed by atoms with Crippen LogP contribution in [0, 0.1) is 5.41 Å². The zero-order valence-corrected chi connectivity index (χ0v) is 17.4.